The second kappa shape index (κ2) is 7.02. The molecule has 0 saturated heterocycles. The minimum Gasteiger partial charge on any atom is -0.294 e. The molecule has 0 atom stereocenters. The molecule has 0 amide bonds. The molecule has 2 heterocycles. The lowest BCUT2D eigenvalue weighted by Crippen LogP contribution is -2.28. The van der Waals surface area contributed by atoms with E-state index in [0.29, 0.717) is 0 Å². The molecule has 1 N–H and O–H groups in total. The van der Waals surface area contributed by atoms with Crippen LogP contribution in [0.3, 0.4) is 0 Å². The average Bonchev–Trinajstić information content (AvgIpc) is 3.05. The lowest BCUT2D eigenvalue weighted by molar-refractivity contribution is 0.281. The molecule has 0 unspecified atom stereocenters. The van der Waals surface area contributed by atoms with Crippen molar-refractivity contribution in [3.8, 4) is 0 Å². The molecule has 1 aromatic heterocycles. The molecule has 4 rings (SSSR count). The Hall–Kier alpha value is -2.39. The van der Waals surface area contributed by atoms with E-state index >= 15 is 0 Å². The fraction of sp³-hybridized carbons (Fsp3) is 0.286. The SMILES string of the molecule is C1=C(CCc2ccccc2)CCN(Cc2[nH]nc3ccccc23)C1. The van der Waals surface area contributed by atoms with E-state index in [0.717, 1.165) is 31.6 Å². The van der Waals surface area contributed by atoms with Gasteiger partial charge in [0.1, 0.15) is 0 Å². The van der Waals surface area contributed by atoms with Crippen LogP contribution in [0.15, 0.2) is 66.2 Å². The molecule has 0 fully saturated rings. The Morgan fingerprint density at radius 3 is 2.62 bits per heavy atom. The Morgan fingerprint density at radius 2 is 1.79 bits per heavy atom. The predicted molar refractivity (Wildman–Crippen MR) is 98.8 cm³/mol. The second-order valence-corrected chi connectivity index (χ2v) is 6.55. The number of aromatic nitrogens is 2. The van der Waals surface area contributed by atoms with E-state index in [2.05, 4.69) is 69.7 Å². The molecule has 3 nitrogen and oxygen atoms in total. The fourth-order valence-corrected chi connectivity index (χ4v) is 3.43. The van der Waals surface area contributed by atoms with Gasteiger partial charge in [-0.3, -0.25) is 10.00 Å². The van der Waals surface area contributed by atoms with E-state index in [1.54, 1.807) is 5.57 Å². The number of aromatic amines is 1. The molecular formula is C21H23N3. The maximum Gasteiger partial charge on any atom is 0.0924 e. The first kappa shape index (κ1) is 15.2. The van der Waals surface area contributed by atoms with Gasteiger partial charge >= 0.3 is 0 Å². The highest BCUT2D eigenvalue weighted by Crippen LogP contribution is 2.21. The summed E-state index contributed by atoms with van der Waals surface area (Å²) >= 11 is 0. The molecule has 3 heteroatoms. The first-order chi connectivity index (χ1) is 11.9. The normalized spacial score (nSPS) is 15.6. The molecule has 0 saturated carbocycles. The summed E-state index contributed by atoms with van der Waals surface area (Å²) in [4.78, 5) is 2.49. The minimum atomic E-state index is 0.947. The highest BCUT2D eigenvalue weighted by molar-refractivity contribution is 5.81. The lowest BCUT2D eigenvalue weighted by atomic mass is 9.99. The molecule has 0 bridgehead atoms. The first-order valence-corrected chi connectivity index (χ1v) is 8.75. The number of rotatable bonds is 5. The fourth-order valence-electron chi connectivity index (χ4n) is 3.43. The van der Waals surface area contributed by atoms with Crippen LogP contribution in [0.2, 0.25) is 0 Å². The molecule has 24 heavy (non-hydrogen) atoms. The maximum absolute atomic E-state index is 4.40. The van der Waals surface area contributed by atoms with Crippen LogP contribution in [0.25, 0.3) is 10.9 Å². The van der Waals surface area contributed by atoms with Crippen LogP contribution in [-0.2, 0) is 13.0 Å². The zero-order valence-electron chi connectivity index (χ0n) is 13.9. The van der Waals surface area contributed by atoms with E-state index in [1.165, 1.54) is 29.5 Å². The number of fused-ring (bicyclic) bond motifs is 1. The van der Waals surface area contributed by atoms with Crippen LogP contribution < -0.4 is 0 Å². The highest BCUT2D eigenvalue weighted by Gasteiger charge is 2.14. The van der Waals surface area contributed by atoms with E-state index in [4.69, 9.17) is 0 Å². The van der Waals surface area contributed by atoms with Gasteiger partial charge in [-0.2, -0.15) is 5.10 Å². The van der Waals surface area contributed by atoms with Crippen molar-refractivity contribution in [1.29, 1.82) is 0 Å². The number of para-hydroxylation sites is 1. The van der Waals surface area contributed by atoms with Gasteiger partial charge in [-0.15, -0.1) is 0 Å². The van der Waals surface area contributed by atoms with Crippen molar-refractivity contribution in [2.24, 2.45) is 0 Å². The summed E-state index contributed by atoms with van der Waals surface area (Å²) in [5.41, 5.74) is 5.32. The van der Waals surface area contributed by atoms with Gasteiger partial charge in [-0.05, 0) is 30.9 Å². The molecule has 122 valence electrons. The minimum absolute atomic E-state index is 0.947. The number of benzene rings is 2. The summed E-state index contributed by atoms with van der Waals surface area (Å²) in [6.45, 7) is 3.12. The van der Waals surface area contributed by atoms with Crippen LogP contribution in [0, 0.1) is 0 Å². The quantitative estimate of drug-likeness (QED) is 0.710. The summed E-state index contributed by atoms with van der Waals surface area (Å²) in [6, 6.07) is 19.1. The third-order valence-corrected chi connectivity index (χ3v) is 4.89. The summed E-state index contributed by atoms with van der Waals surface area (Å²) in [6.07, 6.45) is 5.94. The number of H-pyrrole nitrogens is 1. The van der Waals surface area contributed by atoms with Crippen molar-refractivity contribution in [1.82, 2.24) is 15.1 Å². The van der Waals surface area contributed by atoms with Crippen molar-refractivity contribution in [3.63, 3.8) is 0 Å². The Balaban J connectivity index is 1.34. The van der Waals surface area contributed by atoms with Crippen molar-refractivity contribution in [2.45, 2.75) is 25.8 Å². The van der Waals surface area contributed by atoms with Crippen LogP contribution in [0.5, 0.6) is 0 Å². The Morgan fingerprint density at radius 1 is 0.958 bits per heavy atom. The summed E-state index contributed by atoms with van der Waals surface area (Å²) in [5, 5.41) is 8.85. The predicted octanol–water partition coefficient (Wildman–Crippen LogP) is 4.33. The molecular weight excluding hydrogens is 294 g/mol. The largest absolute Gasteiger partial charge is 0.294 e. The zero-order valence-corrected chi connectivity index (χ0v) is 13.9. The molecule has 0 aliphatic carbocycles. The van der Waals surface area contributed by atoms with Gasteiger partial charge in [-0.1, -0.05) is 60.2 Å². The number of aryl methyl sites for hydroxylation is 1. The zero-order chi connectivity index (χ0) is 16.2. The van der Waals surface area contributed by atoms with Crippen molar-refractivity contribution in [3.05, 3.63) is 77.5 Å². The molecule has 0 radical (unpaired) electrons. The molecule has 3 aromatic rings. The Kier molecular flexibility index (Phi) is 4.43. The third kappa shape index (κ3) is 3.41. The van der Waals surface area contributed by atoms with Crippen LogP contribution in [-0.4, -0.2) is 28.2 Å². The Bertz CT molecular complexity index is 832. The monoisotopic (exact) mass is 317 g/mol. The number of nitrogens with zero attached hydrogens (tertiary/aromatic N) is 2. The van der Waals surface area contributed by atoms with Crippen molar-refractivity contribution < 1.29 is 0 Å². The summed E-state index contributed by atoms with van der Waals surface area (Å²) in [5.74, 6) is 0. The van der Waals surface area contributed by atoms with Crippen molar-refractivity contribution >= 4 is 10.9 Å². The van der Waals surface area contributed by atoms with Gasteiger partial charge < -0.3 is 0 Å². The summed E-state index contributed by atoms with van der Waals surface area (Å²) < 4.78 is 0. The molecule has 0 spiro atoms. The second-order valence-electron chi connectivity index (χ2n) is 6.55. The van der Waals surface area contributed by atoms with E-state index in [9.17, 15) is 0 Å². The highest BCUT2D eigenvalue weighted by atomic mass is 15.2. The summed E-state index contributed by atoms with van der Waals surface area (Å²) in [7, 11) is 0. The molecule has 1 aliphatic rings. The Labute approximate surface area is 143 Å². The van der Waals surface area contributed by atoms with E-state index in [1.807, 2.05) is 6.07 Å². The average molecular weight is 317 g/mol. The van der Waals surface area contributed by atoms with Gasteiger partial charge in [0, 0.05) is 25.0 Å². The van der Waals surface area contributed by atoms with Gasteiger partial charge in [-0.25, -0.2) is 0 Å². The van der Waals surface area contributed by atoms with Gasteiger partial charge in [0.25, 0.3) is 0 Å². The molecule has 1 aliphatic heterocycles. The van der Waals surface area contributed by atoms with Crippen LogP contribution in [0.4, 0.5) is 0 Å². The van der Waals surface area contributed by atoms with Gasteiger partial charge in [0.2, 0.25) is 0 Å². The number of hydrogen-bond donors (Lipinski definition) is 1. The molecule has 2 aromatic carbocycles. The topological polar surface area (TPSA) is 31.9 Å². The number of hydrogen-bond acceptors (Lipinski definition) is 2. The third-order valence-electron chi connectivity index (χ3n) is 4.89. The standard InChI is InChI=1S/C21H23N3/c1-2-6-17(7-3-1)10-11-18-12-14-24(15-13-18)16-21-19-8-4-5-9-20(19)22-23-21/h1-9,12H,10-11,13-16H2,(H,22,23). The van der Waals surface area contributed by atoms with E-state index < -0.39 is 0 Å². The smallest absolute Gasteiger partial charge is 0.0924 e. The van der Waals surface area contributed by atoms with Gasteiger partial charge in [0.15, 0.2) is 0 Å². The lowest BCUT2D eigenvalue weighted by Gasteiger charge is -2.26. The van der Waals surface area contributed by atoms with E-state index in [-0.39, 0.29) is 0 Å². The maximum atomic E-state index is 4.40. The van der Waals surface area contributed by atoms with Gasteiger partial charge in [0.05, 0.1) is 11.2 Å². The van der Waals surface area contributed by atoms with Crippen molar-refractivity contribution in [2.75, 3.05) is 13.1 Å². The number of nitrogens with one attached hydrogen (secondary N) is 1. The first-order valence-electron chi connectivity index (χ1n) is 8.75. The van der Waals surface area contributed by atoms with Crippen LogP contribution in [0.1, 0.15) is 24.1 Å². The van der Waals surface area contributed by atoms with Crippen LogP contribution >= 0.6 is 0 Å².